The summed E-state index contributed by atoms with van der Waals surface area (Å²) in [7, 11) is 0. The third kappa shape index (κ3) is 3.05. The van der Waals surface area contributed by atoms with Crippen LogP contribution in [0.4, 0.5) is 0 Å². The molecule has 0 saturated heterocycles. The lowest BCUT2D eigenvalue weighted by Crippen LogP contribution is -1.82. The topological polar surface area (TPSA) is 12.9 Å². The summed E-state index contributed by atoms with van der Waals surface area (Å²) in [6.45, 7) is 9.54. The van der Waals surface area contributed by atoms with Gasteiger partial charge in [-0.25, -0.2) is 0 Å². The van der Waals surface area contributed by atoms with Crippen molar-refractivity contribution in [2.45, 2.75) is 20.8 Å². The van der Waals surface area contributed by atoms with Crippen molar-refractivity contribution in [1.29, 1.82) is 0 Å². The minimum atomic E-state index is 0.700. The van der Waals surface area contributed by atoms with Gasteiger partial charge in [0.1, 0.15) is 0 Å². The van der Waals surface area contributed by atoms with Crippen molar-refractivity contribution < 1.29 is 0 Å². The number of pyridine rings is 1. The van der Waals surface area contributed by atoms with Crippen LogP contribution in [0.25, 0.3) is 6.08 Å². The van der Waals surface area contributed by atoms with Gasteiger partial charge in [0.05, 0.1) is 10.7 Å². The Morgan fingerprint density at radius 1 is 1.50 bits per heavy atom. The maximum Gasteiger partial charge on any atom is 0.0627 e. The predicted molar refractivity (Wildman–Crippen MR) is 55.4 cm³/mol. The second-order valence-electron chi connectivity index (χ2n) is 2.06. The van der Waals surface area contributed by atoms with E-state index >= 15 is 0 Å². The molecule has 0 spiro atoms. The number of halogens is 1. The number of hydrogen-bond acceptors (Lipinski definition) is 1. The van der Waals surface area contributed by atoms with Crippen LogP contribution in [0.1, 0.15) is 25.1 Å². The van der Waals surface area contributed by atoms with Crippen LogP contribution in [0, 0.1) is 6.92 Å². The van der Waals surface area contributed by atoms with Gasteiger partial charge in [0.2, 0.25) is 0 Å². The summed E-state index contributed by atoms with van der Waals surface area (Å²) >= 11 is 5.74. The Hall–Kier alpha value is -0.820. The molecule has 1 rings (SSSR count). The molecule has 0 aliphatic carbocycles. The van der Waals surface area contributed by atoms with E-state index in [-0.39, 0.29) is 0 Å². The standard InChI is InChI=1S/C8H8ClN.C2H6/c1-3-7-4-6(2)8(9)5-10-7;1-2/h3-5H,1H2,2H3;1-2H3. The van der Waals surface area contributed by atoms with Crippen LogP contribution < -0.4 is 0 Å². The van der Waals surface area contributed by atoms with E-state index in [1.54, 1.807) is 12.3 Å². The Balaban J connectivity index is 0.000000561. The van der Waals surface area contributed by atoms with Crippen molar-refractivity contribution in [1.82, 2.24) is 4.98 Å². The number of rotatable bonds is 1. The van der Waals surface area contributed by atoms with Crippen LogP contribution in [0.3, 0.4) is 0 Å². The Morgan fingerprint density at radius 3 is 2.50 bits per heavy atom. The van der Waals surface area contributed by atoms with Gasteiger partial charge < -0.3 is 0 Å². The minimum Gasteiger partial charge on any atom is -0.255 e. The van der Waals surface area contributed by atoms with E-state index in [1.165, 1.54) is 0 Å². The predicted octanol–water partition coefficient (Wildman–Crippen LogP) is 3.71. The molecule has 66 valence electrons. The highest BCUT2D eigenvalue weighted by Crippen LogP contribution is 2.13. The van der Waals surface area contributed by atoms with Crippen LogP contribution in [-0.4, -0.2) is 4.98 Å². The second kappa shape index (κ2) is 5.78. The Kier molecular flexibility index (Phi) is 5.39. The van der Waals surface area contributed by atoms with Crippen molar-refractivity contribution in [3.63, 3.8) is 0 Å². The lowest BCUT2D eigenvalue weighted by Gasteiger charge is -1.96. The van der Waals surface area contributed by atoms with Gasteiger partial charge >= 0.3 is 0 Å². The average Bonchev–Trinajstić information content (AvgIpc) is 2.13. The summed E-state index contributed by atoms with van der Waals surface area (Å²) in [6, 6.07) is 1.90. The molecular weight excluding hydrogens is 170 g/mol. The van der Waals surface area contributed by atoms with E-state index in [2.05, 4.69) is 11.6 Å². The van der Waals surface area contributed by atoms with Gasteiger partial charge in [-0.05, 0) is 24.6 Å². The summed E-state index contributed by atoms with van der Waals surface area (Å²) in [4.78, 5) is 4.01. The third-order valence-electron chi connectivity index (χ3n) is 1.28. The number of aromatic nitrogens is 1. The minimum absolute atomic E-state index is 0.700. The highest BCUT2D eigenvalue weighted by Gasteiger charge is 1.93. The quantitative estimate of drug-likeness (QED) is 0.647. The van der Waals surface area contributed by atoms with E-state index in [9.17, 15) is 0 Å². The maximum absolute atomic E-state index is 5.74. The number of hydrogen-bond donors (Lipinski definition) is 0. The van der Waals surface area contributed by atoms with Crippen molar-refractivity contribution >= 4 is 17.7 Å². The first-order valence-corrected chi connectivity index (χ1v) is 4.36. The molecule has 1 heterocycles. The van der Waals surface area contributed by atoms with Crippen molar-refractivity contribution in [3.8, 4) is 0 Å². The highest BCUT2D eigenvalue weighted by molar-refractivity contribution is 6.31. The molecule has 1 aromatic heterocycles. The average molecular weight is 184 g/mol. The molecule has 0 radical (unpaired) electrons. The van der Waals surface area contributed by atoms with Crippen molar-refractivity contribution in [3.05, 3.63) is 35.1 Å². The van der Waals surface area contributed by atoms with Crippen LogP contribution in [0.5, 0.6) is 0 Å². The fourth-order valence-corrected chi connectivity index (χ4v) is 0.776. The molecule has 0 N–H and O–H groups in total. The lowest BCUT2D eigenvalue weighted by atomic mass is 10.2. The van der Waals surface area contributed by atoms with E-state index < -0.39 is 0 Å². The van der Waals surface area contributed by atoms with Gasteiger partial charge in [0.25, 0.3) is 0 Å². The van der Waals surface area contributed by atoms with E-state index in [0.717, 1.165) is 11.3 Å². The molecule has 0 unspecified atom stereocenters. The largest absolute Gasteiger partial charge is 0.255 e. The van der Waals surface area contributed by atoms with Gasteiger partial charge in [-0.3, -0.25) is 4.98 Å². The zero-order valence-corrected chi connectivity index (χ0v) is 8.52. The monoisotopic (exact) mass is 183 g/mol. The zero-order chi connectivity index (χ0) is 9.56. The van der Waals surface area contributed by atoms with Gasteiger partial charge in [-0.2, -0.15) is 0 Å². The molecule has 12 heavy (non-hydrogen) atoms. The summed E-state index contributed by atoms with van der Waals surface area (Å²) in [6.07, 6.45) is 3.33. The maximum atomic E-state index is 5.74. The van der Waals surface area contributed by atoms with Crippen molar-refractivity contribution in [2.24, 2.45) is 0 Å². The fourth-order valence-electron chi connectivity index (χ4n) is 0.673. The Morgan fingerprint density at radius 2 is 2.08 bits per heavy atom. The molecule has 0 saturated carbocycles. The molecule has 1 aromatic rings. The SMILES string of the molecule is C=Cc1cc(C)c(Cl)cn1.CC. The van der Waals surface area contributed by atoms with E-state index in [1.807, 2.05) is 26.8 Å². The smallest absolute Gasteiger partial charge is 0.0627 e. The number of aryl methyl sites for hydroxylation is 1. The van der Waals surface area contributed by atoms with Crippen LogP contribution in [0.2, 0.25) is 5.02 Å². The normalized spacial score (nSPS) is 8.33. The van der Waals surface area contributed by atoms with E-state index in [0.29, 0.717) is 5.02 Å². The zero-order valence-electron chi connectivity index (χ0n) is 7.76. The summed E-state index contributed by atoms with van der Waals surface area (Å²) < 4.78 is 0. The first-order valence-electron chi connectivity index (χ1n) is 3.98. The fraction of sp³-hybridized carbons (Fsp3) is 0.300. The molecule has 0 atom stereocenters. The number of nitrogens with zero attached hydrogens (tertiary/aromatic N) is 1. The summed E-state index contributed by atoms with van der Waals surface area (Å²) in [5.41, 5.74) is 1.90. The molecule has 2 heteroatoms. The molecule has 0 bridgehead atoms. The Bertz CT molecular complexity index is 256. The molecule has 0 fully saturated rings. The molecule has 0 aliphatic rings. The second-order valence-corrected chi connectivity index (χ2v) is 2.47. The van der Waals surface area contributed by atoms with Crippen molar-refractivity contribution in [2.75, 3.05) is 0 Å². The first kappa shape index (κ1) is 11.2. The lowest BCUT2D eigenvalue weighted by molar-refractivity contribution is 1.26. The van der Waals surface area contributed by atoms with Crippen LogP contribution in [0.15, 0.2) is 18.8 Å². The summed E-state index contributed by atoms with van der Waals surface area (Å²) in [5, 5.41) is 0.700. The third-order valence-corrected chi connectivity index (χ3v) is 1.67. The molecule has 0 aromatic carbocycles. The van der Waals surface area contributed by atoms with Gasteiger partial charge in [-0.1, -0.05) is 32.0 Å². The molecule has 1 nitrogen and oxygen atoms in total. The van der Waals surface area contributed by atoms with Gasteiger partial charge in [0.15, 0.2) is 0 Å². The van der Waals surface area contributed by atoms with Gasteiger partial charge in [0, 0.05) is 6.20 Å². The molecule has 0 amide bonds. The Labute approximate surface area is 79.1 Å². The van der Waals surface area contributed by atoms with Crippen LogP contribution in [-0.2, 0) is 0 Å². The van der Waals surface area contributed by atoms with Crippen LogP contribution >= 0.6 is 11.6 Å². The molecule has 0 aliphatic heterocycles. The first-order chi connectivity index (χ1) is 5.74. The summed E-state index contributed by atoms with van der Waals surface area (Å²) in [5.74, 6) is 0. The van der Waals surface area contributed by atoms with E-state index in [4.69, 9.17) is 11.6 Å². The molecular formula is C10H14ClN. The van der Waals surface area contributed by atoms with Gasteiger partial charge in [-0.15, -0.1) is 0 Å². The highest BCUT2D eigenvalue weighted by atomic mass is 35.5.